The van der Waals surface area contributed by atoms with Crippen molar-refractivity contribution in [3.63, 3.8) is 0 Å². The fourth-order valence-electron chi connectivity index (χ4n) is 2.94. The molecule has 0 saturated carbocycles. The zero-order chi connectivity index (χ0) is 17.7. The van der Waals surface area contributed by atoms with Gasteiger partial charge in [-0.05, 0) is 19.1 Å². The molecular weight excluding hydrogens is 352 g/mol. The van der Waals surface area contributed by atoms with Crippen molar-refractivity contribution in [2.75, 3.05) is 18.5 Å². The SMILES string of the molecule is Cc1cccc2nc(C(=O)Nc3nc4cc5c(cc4s3)OCCO5)cn12. The number of aryl methyl sites for hydroxylation is 1. The number of hydrogen-bond acceptors (Lipinski definition) is 6. The highest BCUT2D eigenvalue weighted by Crippen LogP contribution is 2.37. The van der Waals surface area contributed by atoms with Gasteiger partial charge in [0, 0.05) is 24.0 Å². The van der Waals surface area contributed by atoms with Gasteiger partial charge in [-0.15, -0.1) is 0 Å². The fourth-order valence-corrected chi connectivity index (χ4v) is 3.81. The van der Waals surface area contributed by atoms with Crippen molar-refractivity contribution in [3.05, 3.63) is 47.9 Å². The second-order valence-corrected chi connectivity index (χ2v) is 6.99. The standard InChI is InChI=1S/C18H14N4O3S/c1-10-3-2-4-16-19-12(9-22(10)16)17(23)21-18-20-11-7-13-14(8-15(11)26-18)25-6-5-24-13/h2-4,7-9H,5-6H2,1H3,(H,20,21,23). The molecule has 0 saturated heterocycles. The molecule has 1 aromatic carbocycles. The molecule has 0 atom stereocenters. The van der Waals surface area contributed by atoms with Gasteiger partial charge >= 0.3 is 0 Å². The Hall–Kier alpha value is -3.13. The molecule has 5 rings (SSSR count). The molecule has 0 bridgehead atoms. The van der Waals surface area contributed by atoms with E-state index in [1.54, 1.807) is 6.20 Å². The second-order valence-electron chi connectivity index (χ2n) is 5.96. The Balaban J connectivity index is 1.46. The molecule has 0 fully saturated rings. The molecule has 3 aromatic heterocycles. The first-order valence-electron chi connectivity index (χ1n) is 8.14. The molecule has 4 aromatic rings. The van der Waals surface area contributed by atoms with Crippen LogP contribution in [-0.2, 0) is 0 Å². The van der Waals surface area contributed by atoms with Crippen molar-refractivity contribution in [1.29, 1.82) is 0 Å². The summed E-state index contributed by atoms with van der Waals surface area (Å²) >= 11 is 1.39. The van der Waals surface area contributed by atoms with Crippen LogP contribution in [0.25, 0.3) is 15.9 Å². The maximum Gasteiger partial charge on any atom is 0.277 e. The smallest absolute Gasteiger partial charge is 0.277 e. The molecule has 0 radical (unpaired) electrons. The monoisotopic (exact) mass is 366 g/mol. The third kappa shape index (κ3) is 2.46. The van der Waals surface area contributed by atoms with Gasteiger partial charge in [-0.25, -0.2) is 9.97 Å². The number of benzene rings is 1. The number of anilines is 1. The van der Waals surface area contributed by atoms with Gasteiger partial charge in [0.1, 0.15) is 24.6 Å². The van der Waals surface area contributed by atoms with Gasteiger partial charge in [0.2, 0.25) is 0 Å². The van der Waals surface area contributed by atoms with E-state index in [2.05, 4.69) is 15.3 Å². The maximum absolute atomic E-state index is 12.6. The summed E-state index contributed by atoms with van der Waals surface area (Å²) in [6.07, 6.45) is 1.73. The molecular formula is C18H14N4O3S. The third-order valence-corrected chi connectivity index (χ3v) is 5.14. The molecule has 130 valence electrons. The van der Waals surface area contributed by atoms with Crippen molar-refractivity contribution < 1.29 is 14.3 Å². The van der Waals surface area contributed by atoms with E-state index in [4.69, 9.17) is 9.47 Å². The van der Waals surface area contributed by atoms with Crippen LogP contribution in [0.4, 0.5) is 5.13 Å². The van der Waals surface area contributed by atoms with E-state index in [-0.39, 0.29) is 5.91 Å². The van der Waals surface area contributed by atoms with Gasteiger partial charge in [-0.2, -0.15) is 0 Å². The zero-order valence-corrected chi connectivity index (χ0v) is 14.7. The summed E-state index contributed by atoms with van der Waals surface area (Å²) in [6, 6.07) is 9.48. The van der Waals surface area contributed by atoms with Crippen LogP contribution in [0.3, 0.4) is 0 Å². The highest BCUT2D eigenvalue weighted by molar-refractivity contribution is 7.22. The predicted molar refractivity (Wildman–Crippen MR) is 98.5 cm³/mol. The van der Waals surface area contributed by atoms with Crippen molar-refractivity contribution in [2.45, 2.75) is 6.92 Å². The highest BCUT2D eigenvalue weighted by Gasteiger charge is 2.17. The summed E-state index contributed by atoms with van der Waals surface area (Å²) in [6.45, 7) is 3.03. The van der Waals surface area contributed by atoms with Gasteiger partial charge in [0.05, 0.1) is 10.2 Å². The minimum atomic E-state index is -0.288. The fraction of sp³-hybridized carbons (Fsp3) is 0.167. The molecule has 26 heavy (non-hydrogen) atoms. The van der Waals surface area contributed by atoms with Gasteiger partial charge in [0.25, 0.3) is 5.91 Å². The molecule has 1 aliphatic rings. The Morgan fingerprint density at radius 2 is 2.00 bits per heavy atom. The van der Waals surface area contributed by atoms with Crippen LogP contribution in [0.5, 0.6) is 11.5 Å². The van der Waals surface area contributed by atoms with Crippen molar-refractivity contribution in [2.24, 2.45) is 0 Å². The second kappa shape index (κ2) is 5.70. The number of pyridine rings is 1. The lowest BCUT2D eigenvalue weighted by molar-refractivity contribution is 0.102. The predicted octanol–water partition coefficient (Wildman–Crippen LogP) is 3.28. The number of carbonyl (C=O) groups excluding carboxylic acids is 1. The molecule has 7 nitrogen and oxygen atoms in total. The van der Waals surface area contributed by atoms with E-state index in [9.17, 15) is 4.79 Å². The number of nitrogens with one attached hydrogen (secondary N) is 1. The molecule has 1 amide bonds. The van der Waals surface area contributed by atoms with Gasteiger partial charge in [0.15, 0.2) is 16.6 Å². The minimum absolute atomic E-state index is 0.288. The number of carbonyl (C=O) groups is 1. The van der Waals surface area contributed by atoms with Crippen molar-refractivity contribution in [3.8, 4) is 11.5 Å². The Bertz CT molecular complexity index is 1120. The summed E-state index contributed by atoms with van der Waals surface area (Å²) in [7, 11) is 0. The van der Waals surface area contributed by atoms with E-state index in [0.29, 0.717) is 35.5 Å². The molecule has 0 spiro atoms. The molecule has 0 unspecified atom stereocenters. The number of nitrogens with zero attached hydrogens (tertiary/aromatic N) is 3. The van der Waals surface area contributed by atoms with Crippen LogP contribution in [0.2, 0.25) is 0 Å². The van der Waals surface area contributed by atoms with Gasteiger partial charge in [-0.1, -0.05) is 17.4 Å². The van der Waals surface area contributed by atoms with Gasteiger partial charge in [-0.3, -0.25) is 10.1 Å². The number of fused-ring (bicyclic) bond motifs is 3. The molecule has 1 N–H and O–H groups in total. The van der Waals surface area contributed by atoms with Crippen LogP contribution >= 0.6 is 11.3 Å². The lowest BCUT2D eigenvalue weighted by atomic mass is 10.3. The van der Waals surface area contributed by atoms with Gasteiger partial charge < -0.3 is 13.9 Å². The molecule has 4 heterocycles. The third-order valence-electron chi connectivity index (χ3n) is 4.20. The zero-order valence-electron chi connectivity index (χ0n) is 13.9. The maximum atomic E-state index is 12.6. The number of thiazole rings is 1. The van der Waals surface area contributed by atoms with Crippen LogP contribution in [-0.4, -0.2) is 33.5 Å². The van der Waals surface area contributed by atoms with Crippen LogP contribution < -0.4 is 14.8 Å². The topological polar surface area (TPSA) is 77.8 Å². The normalized spacial score (nSPS) is 13.3. The first-order chi connectivity index (χ1) is 12.7. The van der Waals surface area contributed by atoms with Crippen LogP contribution in [0, 0.1) is 6.92 Å². The van der Waals surface area contributed by atoms with E-state index < -0.39 is 0 Å². The Morgan fingerprint density at radius 3 is 2.81 bits per heavy atom. The minimum Gasteiger partial charge on any atom is -0.486 e. The molecule has 1 aliphatic heterocycles. The van der Waals surface area contributed by atoms with Crippen molar-refractivity contribution in [1.82, 2.24) is 14.4 Å². The van der Waals surface area contributed by atoms with E-state index in [1.807, 2.05) is 41.7 Å². The summed E-state index contributed by atoms with van der Waals surface area (Å²) < 4.78 is 14.0. The number of aromatic nitrogens is 3. The number of hydrogen-bond donors (Lipinski definition) is 1. The van der Waals surface area contributed by atoms with Crippen molar-refractivity contribution >= 4 is 38.2 Å². The first-order valence-corrected chi connectivity index (χ1v) is 8.95. The average Bonchev–Trinajstić information content (AvgIpc) is 3.23. The summed E-state index contributed by atoms with van der Waals surface area (Å²) in [4.78, 5) is 21.4. The average molecular weight is 366 g/mol. The Kier molecular flexibility index (Phi) is 3.32. The number of ether oxygens (including phenoxy) is 2. The summed E-state index contributed by atoms with van der Waals surface area (Å²) in [5.74, 6) is 1.10. The Labute approximate surface area is 152 Å². The highest BCUT2D eigenvalue weighted by atomic mass is 32.1. The lowest BCUT2D eigenvalue weighted by Gasteiger charge is -2.17. The number of imidazole rings is 1. The quantitative estimate of drug-likeness (QED) is 0.589. The summed E-state index contributed by atoms with van der Waals surface area (Å²) in [5, 5.41) is 3.34. The largest absolute Gasteiger partial charge is 0.486 e. The van der Waals surface area contributed by atoms with E-state index >= 15 is 0 Å². The Morgan fingerprint density at radius 1 is 1.19 bits per heavy atom. The lowest BCUT2D eigenvalue weighted by Crippen LogP contribution is -2.15. The van der Waals surface area contributed by atoms with Crippen LogP contribution in [0.15, 0.2) is 36.5 Å². The summed E-state index contributed by atoms with van der Waals surface area (Å²) in [5.41, 5.74) is 2.87. The van der Waals surface area contributed by atoms with E-state index in [0.717, 1.165) is 21.6 Å². The van der Waals surface area contributed by atoms with Crippen LogP contribution in [0.1, 0.15) is 16.2 Å². The molecule has 8 heteroatoms. The first kappa shape index (κ1) is 15.2. The number of rotatable bonds is 2. The molecule has 0 aliphatic carbocycles. The number of amides is 1. The van der Waals surface area contributed by atoms with E-state index in [1.165, 1.54) is 11.3 Å².